The minimum absolute atomic E-state index is 0.116. The van der Waals surface area contributed by atoms with Crippen LogP contribution in [0.5, 0.6) is 0 Å². The molecule has 0 saturated carbocycles. The van der Waals surface area contributed by atoms with Crippen LogP contribution in [0.2, 0.25) is 0 Å². The van der Waals surface area contributed by atoms with E-state index in [0.717, 1.165) is 25.7 Å². The van der Waals surface area contributed by atoms with Crippen molar-refractivity contribution in [3.8, 4) is 12.3 Å². The van der Waals surface area contributed by atoms with Crippen molar-refractivity contribution in [2.45, 2.75) is 84.9 Å². The summed E-state index contributed by atoms with van der Waals surface area (Å²) in [4.78, 5) is 40.2. The summed E-state index contributed by atoms with van der Waals surface area (Å²) in [6.45, 7) is 11.2. The SMILES string of the molecule is C#Cc1ccccc1C(C(=O)NC(C)C)N(CCCCCC)C(=O)CNC(=O)OC(C)(C)C. The van der Waals surface area contributed by atoms with Gasteiger partial charge in [0.1, 0.15) is 18.2 Å². The molecule has 33 heavy (non-hydrogen) atoms. The van der Waals surface area contributed by atoms with E-state index in [2.05, 4.69) is 23.5 Å². The van der Waals surface area contributed by atoms with Crippen molar-refractivity contribution in [3.05, 3.63) is 35.4 Å². The van der Waals surface area contributed by atoms with Gasteiger partial charge in [-0.15, -0.1) is 6.42 Å². The van der Waals surface area contributed by atoms with Gasteiger partial charge in [0, 0.05) is 18.2 Å². The van der Waals surface area contributed by atoms with Crippen LogP contribution in [0.15, 0.2) is 24.3 Å². The van der Waals surface area contributed by atoms with E-state index in [1.54, 1.807) is 45.0 Å². The van der Waals surface area contributed by atoms with E-state index in [-0.39, 0.29) is 24.4 Å². The summed E-state index contributed by atoms with van der Waals surface area (Å²) in [5.74, 6) is 1.93. The Hall–Kier alpha value is -3.01. The number of terminal acetylenes is 1. The molecule has 1 unspecified atom stereocenters. The van der Waals surface area contributed by atoms with Gasteiger partial charge in [0.15, 0.2) is 0 Å². The second kappa shape index (κ2) is 13.5. The van der Waals surface area contributed by atoms with Crippen molar-refractivity contribution >= 4 is 17.9 Å². The van der Waals surface area contributed by atoms with Gasteiger partial charge in [-0.1, -0.05) is 50.3 Å². The highest BCUT2D eigenvalue weighted by atomic mass is 16.6. The summed E-state index contributed by atoms with van der Waals surface area (Å²) in [6.07, 6.45) is 8.75. The number of amides is 3. The van der Waals surface area contributed by atoms with Crippen LogP contribution in [-0.2, 0) is 14.3 Å². The number of hydrogen-bond acceptors (Lipinski definition) is 4. The van der Waals surface area contributed by atoms with Gasteiger partial charge in [-0.2, -0.15) is 0 Å². The fraction of sp³-hybridized carbons (Fsp3) is 0.577. The van der Waals surface area contributed by atoms with Gasteiger partial charge in [-0.3, -0.25) is 9.59 Å². The number of ether oxygens (including phenoxy) is 1. The summed E-state index contributed by atoms with van der Waals surface area (Å²) < 4.78 is 5.24. The maximum absolute atomic E-state index is 13.3. The zero-order valence-corrected chi connectivity index (χ0v) is 20.9. The number of nitrogens with zero attached hydrogens (tertiary/aromatic N) is 1. The average Bonchev–Trinajstić information content (AvgIpc) is 2.72. The molecule has 0 spiro atoms. The third-order valence-corrected chi connectivity index (χ3v) is 4.76. The number of hydrogen-bond donors (Lipinski definition) is 2. The summed E-state index contributed by atoms with van der Waals surface area (Å²) in [5.41, 5.74) is 0.449. The highest BCUT2D eigenvalue weighted by molar-refractivity contribution is 5.91. The lowest BCUT2D eigenvalue weighted by Gasteiger charge is -2.33. The molecule has 0 bridgehead atoms. The highest BCUT2D eigenvalue weighted by Gasteiger charge is 2.33. The molecule has 7 nitrogen and oxygen atoms in total. The Labute approximate surface area is 198 Å². The molecule has 0 radical (unpaired) electrons. The predicted molar refractivity (Wildman–Crippen MR) is 130 cm³/mol. The molecule has 1 rings (SSSR count). The Kier molecular flexibility index (Phi) is 11.5. The van der Waals surface area contributed by atoms with E-state index >= 15 is 0 Å². The van der Waals surface area contributed by atoms with Crippen LogP contribution < -0.4 is 10.6 Å². The fourth-order valence-corrected chi connectivity index (χ4v) is 3.35. The van der Waals surface area contributed by atoms with E-state index in [1.807, 2.05) is 13.8 Å². The van der Waals surface area contributed by atoms with Crippen LogP contribution in [0.25, 0.3) is 0 Å². The first-order valence-electron chi connectivity index (χ1n) is 11.6. The van der Waals surface area contributed by atoms with Crippen molar-refractivity contribution < 1.29 is 19.1 Å². The first kappa shape index (κ1) is 28.0. The van der Waals surface area contributed by atoms with E-state index in [0.29, 0.717) is 17.7 Å². The van der Waals surface area contributed by atoms with Crippen LogP contribution >= 0.6 is 0 Å². The Morgan fingerprint density at radius 1 is 1.12 bits per heavy atom. The average molecular weight is 458 g/mol. The van der Waals surface area contributed by atoms with E-state index in [4.69, 9.17) is 11.2 Å². The van der Waals surface area contributed by atoms with Crippen LogP contribution in [0.1, 0.15) is 84.4 Å². The summed E-state index contributed by atoms with van der Waals surface area (Å²) in [6, 6.07) is 6.10. The molecule has 0 aliphatic heterocycles. The van der Waals surface area contributed by atoms with Gasteiger partial charge in [0.25, 0.3) is 0 Å². The second-order valence-electron chi connectivity index (χ2n) is 9.30. The monoisotopic (exact) mass is 457 g/mol. The van der Waals surface area contributed by atoms with E-state index < -0.39 is 17.7 Å². The fourth-order valence-electron chi connectivity index (χ4n) is 3.35. The van der Waals surface area contributed by atoms with Crippen molar-refractivity contribution in [3.63, 3.8) is 0 Å². The van der Waals surface area contributed by atoms with Crippen LogP contribution in [0, 0.1) is 12.3 Å². The molecule has 0 aliphatic rings. The molecular formula is C26H39N3O4. The first-order valence-corrected chi connectivity index (χ1v) is 11.6. The molecule has 1 aromatic rings. The molecule has 1 atom stereocenters. The van der Waals surface area contributed by atoms with Crippen LogP contribution in [-0.4, -0.2) is 47.5 Å². The smallest absolute Gasteiger partial charge is 0.408 e. The van der Waals surface area contributed by atoms with Crippen LogP contribution in [0.3, 0.4) is 0 Å². The second-order valence-corrected chi connectivity index (χ2v) is 9.30. The van der Waals surface area contributed by atoms with Gasteiger partial charge in [-0.25, -0.2) is 4.79 Å². The lowest BCUT2D eigenvalue weighted by atomic mass is 9.97. The molecule has 2 N–H and O–H groups in total. The standard InChI is InChI=1S/C26H39N3O4/c1-8-10-11-14-17-29(22(30)18-27-25(32)33-26(5,6)7)23(24(31)28-19(3)4)21-16-13-12-15-20(21)9-2/h2,12-13,15-16,19,23H,8,10-11,14,17-18H2,1,3-7H3,(H,27,32)(H,28,31). The molecule has 0 heterocycles. The summed E-state index contributed by atoms with van der Waals surface area (Å²) >= 11 is 0. The number of carbonyl (C=O) groups excluding carboxylic acids is 3. The molecule has 0 aliphatic carbocycles. The molecule has 0 saturated heterocycles. The van der Waals surface area contributed by atoms with Crippen LogP contribution in [0.4, 0.5) is 4.79 Å². The third kappa shape index (κ3) is 9.98. The normalized spacial score (nSPS) is 11.9. The van der Waals surface area contributed by atoms with E-state index in [1.165, 1.54) is 4.90 Å². The molecule has 0 fully saturated rings. The molecule has 3 amide bonds. The van der Waals surface area contributed by atoms with E-state index in [9.17, 15) is 14.4 Å². The minimum Gasteiger partial charge on any atom is -0.444 e. The van der Waals surface area contributed by atoms with Gasteiger partial charge in [-0.05, 0) is 52.7 Å². The third-order valence-electron chi connectivity index (χ3n) is 4.76. The van der Waals surface area contributed by atoms with Gasteiger partial charge < -0.3 is 20.3 Å². The lowest BCUT2D eigenvalue weighted by molar-refractivity contribution is -0.140. The molecule has 1 aromatic carbocycles. The van der Waals surface area contributed by atoms with Crippen molar-refractivity contribution in [1.29, 1.82) is 0 Å². The number of carbonyl (C=O) groups is 3. The van der Waals surface area contributed by atoms with Gasteiger partial charge >= 0.3 is 6.09 Å². The maximum atomic E-state index is 13.3. The predicted octanol–water partition coefficient (Wildman–Crippen LogP) is 4.17. The number of alkyl carbamates (subject to hydrolysis) is 1. The maximum Gasteiger partial charge on any atom is 0.408 e. The first-order chi connectivity index (χ1) is 15.5. The topological polar surface area (TPSA) is 87.7 Å². The Morgan fingerprint density at radius 3 is 2.36 bits per heavy atom. The Morgan fingerprint density at radius 2 is 1.79 bits per heavy atom. The Bertz CT molecular complexity index is 837. The van der Waals surface area contributed by atoms with Gasteiger partial charge in [0.2, 0.25) is 11.8 Å². The largest absolute Gasteiger partial charge is 0.444 e. The summed E-state index contributed by atoms with van der Waals surface area (Å²) in [5, 5.41) is 5.42. The summed E-state index contributed by atoms with van der Waals surface area (Å²) in [7, 11) is 0. The Balaban J connectivity index is 3.26. The number of benzene rings is 1. The zero-order valence-electron chi connectivity index (χ0n) is 20.9. The number of rotatable bonds is 11. The van der Waals surface area contributed by atoms with Crippen molar-refractivity contribution in [2.75, 3.05) is 13.1 Å². The van der Waals surface area contributed by atoms with Crippen molar-refractivity contribution in [1.82, 2.24) is 15.5 Å². The van der Waals surface area contributed by atoms with Gasteiger partial charge in [0.05, 0.1) is 0 Å². The van der Waals surface area contributed by atoms with Crippen molar-refractivity contribution in [2.24, 2.45) is 0 Å². The number of unbranched alkanes of at least 4 members (excludes halogenated alkanes) is 3. The minimum atomic E-state index is -0.908. The number of nitrogens with one attached hydrogen (secondary N) is 2. The highest BCUT2D eigenvalue weighted by Crippen LogP contribution is 2.26. The molecular weight excluding hydrogens is 418 g/mol. The quantitative estimate of drug-likeness (QED) is 0.386. The zero-order chi connectivity index (χ0) is 25.0. The molecule has 7 heteroatoms. The molecule has 182 valence electrons. The molecule has 0 aromatic heterocycles. The lowest BCUT2D eigenvalue weighted by Crippen LogP contribution is -2.49.